The van der Waals surface area contributed by atoms with Crippen LogP contribution in [-0.2, 0) is 6.54 Å². The fourth-order valence-corrected chi connectivity index (χ4v) is 5.59. The fourth-order valence-electron chi connectivity index (χ4n) is 4.50. The Kier molecular flexibility index (Phi) is 8.48. The number of H-pyrrole nitrogens is 1. The molecule has 0 aliphatic heterocycles. The van der Waals surface area contributed by atoms with Crippen molar-refractivity contribution >= 4 is 43.8 Å². The van der Waals surface area contributed by atoms with Crippen LogP contribution in [0, 0.1) is 0 Å². The molecule has 37 heavy (non-hydrogen) atoms. The summed E-state index contributed by atoms with van der Waals surface area (Å²) < 4.78 is 1.17. The van der Waals surface area contributed by atoms with Gasteiger partial charge in [0.25, 0.3) is 0 Å². The molecule has 0 radical (unpaired) electrons. The van der Waals surface area contributed by atoms with Crippen molar-refractivity contribution in [2.75, 3.05) is 32.5 Å². The van der Waals surface area contributed by atoms with Gasteiger partial charge in [-0.25, -0.2) is 0 Å². The molecule has 5 aromatic rings. The standard InChI is InChI=1S/C30H36N6S/c1-36(2)18-6-4-3-5-15-33-34-21-22-7-9-23(10-8-22)29-20-28-30(37-29)27(14-17-32-28)35-25-11-12-26-24(19-25)13-16-31-26/h7-14,16-17,19-20,31,33-34H,3-6,15,18,21H2,1-2H3,(H,32,35). The highest BCUT2D eigenvalue weighted by Crippen LogP contribution is 2.37. The van der Waals surface area contributed by atoms with Gasteiger partial charge in [-0.05, 0) is 81.0 Å². The molecule has 3 aromatic heterocycles. The van der Waals surface area contributed by atoms with Gasteiger partial charge in [0.1, 0.15) is 0 Å². The van der Waals surface area contributed by atoms with Gasteiger partial charge < -0.3 is 15.2 Å². The van der Waals surface area contributed by atoms with E-state index in [0.29, 0.717) is 0 Å². The molecule has 0 aliphatic rings. The van der Waals surface area contributed by atoms with Gasteiger partial charge in [0.2, 0.25) is 0 Å². The number of thiophene rings is 1. The van der Waals surface area contributed by atoms with Crippen molar-refractivity contribution < 1.29 is 0 Å². The lowest BCUT2D eigenvalue weighted by molar-refractivity contribution is 0.388. The first-order chi connectivity index (χ1) is 18.2. The molecule has 0 saturated carbocycles. The van der Waals surface area contributed by atoms with E-state index in [1.54, 1.807) is 11.3 Å². The summed E-state index contributed by atoms with van der Waals surface area (Å²) in [7, 11) is 4.27. The summed E-state index contributed by atoms with van der Waals surface area (Å²) in [5.74, 6) is 0. The van der Waals surface area contributed by atoms with Crippen molar-refractivity contribution in [1.29, 1.82) is 0 Å². The molecule has 5 rings (SSSR count). The van der Waals surface area contributed by atoms with E-state index in [1.807, 2.05) is 12.4 Å². The highest BCUT2D eigenvalue weighted by atomic mass is 32.1. The molecular formula is C30H36N6S. The van der Waals surface area contributed by atoms with Crippen molar-refractivity contribution in [2.45, 2.75) is 32.2 Å². The average Bonchev–Trinajstić information content (AvgIpc) is 3.55. The summed E-state index contributed by atoms with van der Waals surface area (Å²) >= 11 is 1.78. The van der Waals surface area contributed by atoms with Crippen LogP contribution in [0.25, 0.3) is 31.6 Å². The zero-order chi connectivity index (χ0) is 25.5. The number of aromatic nitrogens is 2. The fraction of sp³-hybridized carbons (Fsp3) is 0.300. The Morgan fingerprint density at radius 1 is 0.892 bits per heavy atom. The molecule has 4 N–H and O–H groups in total. The SMILES string of the molecule is CN(C)CCCCCCNNCc1ccc(-c2cc3nccc(Nc4ccc5[nH]ccc5c4)c3s2)cc1. The van der Waals surface area contributed by atoms with Gasteiger partial charge in [0.05, 0.1) is 15.9 Å². The van der Waals surface area contributed by atoms with Crippen LogP contribution >= 0.6 is 11.3 Å². The molecule has 2 aromatic carbocycles. The summed E-state index contributed by atoms with van der Waals surface area (Å²) in [6.07, 6.45) is 8.91. The maximum atomic E-state index is 4.62. The van der Waals surface area contributed by atoms with Crippen LogP contribution in [0.3, 0.4) is 0 Å². The molecular weight excluding hydrogens is 476 g/mol. The van der Waals surface area contributed by atoms with E-state index < -0.39 is 0 Å². The number of anilines is 2. The number of unbranched alkanes of at least 4 members (excludes halogenated alkanes) is 3. The summed E-state index contributed by atoms with van der Waals surface area (Å²) in [5.41, 5.74) is 13.5. The Bertz CT molecular complexity index is 1420. The van der Waals surface area contributed by atoms with E-state index >= 15 is 0 Å². The molecule has 0 amide bonds. The third-order valence-electron chi connectivity index (χ3n) is 6.56. The van der Waals surface area contributed by atoms with Crippen molar-refractivity contribution in [2.24, 2.45) is 0 Å². The largest absolute Gasteiger partial charge is 0.361 e. The second kappa shape index (κ2) is 12.3. The maximum Gasteiger partial charge on any atom is 0.0837 e. The topological polar surface area (TPSA) is 68.0 Å². The van der Waals surface area contributed by atoms with Gasteiger partial charge in [-0.1, -0.05) is 37.1 Å². The second-order valence-electron chi connectivity index (χ2n) is 9.78. The molecule has 0 spiro atoms. The average molecular weight is 513 g/mol. The number of hydrazine groups is 1. The predicted molar refractivity (Wildman–Crippen MR) is 159 cm³/mol. The predicted octanol–water partition coefficient (Wildman–Crippen LogP) is 6.90. The molecule has 3 heterocycles. The van der Waals surface area contributed by atoms with E-state index in [1.165, 1.54) is 58.3 Å². The third kappa shape index (κ3) is 6.76. The number of hydrogen-bond acceptors (Lipinski definition) is 6. The number of benzene rings is 2. The Morgan fingerprint density at radius 2 is 1.76 bits per heavy atom. The highest BCUT2D eigenvalue weighted by molar-refractivity contribution is 7.22. The van der Waals surface area contributed by atoms with Crippen molar-refractivity contribution in [3.05, 3.63) is 78.6 Å². The Hall–Kier alpha value is -3.23. The molecule has 7 heteroatoms. The third-order valence-corrected chi connectivity index (χ3v) is 7.76. The molecule has 0 fully saturated rings. The molecule has 6 nitrogen and oxygen atoms in total. The van der Waals surface area contributed by atoms with Gasteiger partial charge in [0, 0.05) is 47.0 Å². The van der Waals surface area contributed by atoms with E-state index in [9.17, 15) is 0 Å². The number of hydrogen-bond donors (Lipinski definition) is 4. The van der Waals surface area contributed by atoms with Crippen LogP contribution in [0.2, 0.25) is 0 Å². The molecule has 0 aliphatic carbocycles. The summed E-state index contributed by atoms with van der Waals surface area (Å²) in [6.45, 7) is 3.00. The first kappa shape index (κ1) is 25.4. The highest BCUT2D eigenvalue weighted by Gasteiger charge is 2.10. The minimum Gasteiger partial charge on any atom is -0.361 e. The summed E-state index contributed by atoms with van der Waals surface area (Å²) in [5, 5.41) is 4.79. The molecule has 0 unspecified atom stereocenters. The number of fused-ring (bicyclic) bond motifs is 2. The van der Waals surface area contributed by atoms with E-state index in [0.717, 1.165) is 35.5 Å². The van der Waals surface area contributed by atoms with E-state index in [-0.39, 0.29) is 0 Å². The van der Waals surface area contributed by atoms with E-state index in [2.05, 4.69) is 106 Å². The first-order valence-corrected chi connectivity index (χ1v) is 13.9. The lowest BCUT2D eigenvalue weighted by Gasteiger charge is -2.09. The van der Waals surface area contributed by atoms with Gasteiger partial charge in [-0.15, -0.1) is 11.3 Å². The lowest BCUT2D eigenvalue weighted by Crippen LogP contribution is -2.31. The van der Waals surface area contributed by atoms with Crippen LogP contribution in [0.4, 0.5) is 11.4 Å². The molecule has 0 saturated heterocycles. The minimum atomic E-state index is 0.814. The van der Waals surface area contributed by atoms with Crippen LogP contribution in [0.1, 0.15) is 31.2 Å². The Balaban J connectivity index is 1.15. The molecule has 0 bridgehead atoms. The number of pyridine rings is 1. The van der Waals surface area contributed by atoms with Crippen molar-refractivity contribution in [3.8, 4) is 10.4 Å². The normalized spacial score (nSPS) is 11.6. The smallest absolute Gasteiger partial charge is 0.0837 e. The van der Waals surface area contributed by atoms with Crippen LogP contribution in [0.5, 0.6) is 0 Å². The zero-order valence-electron chi connectivity index (χ0n) is 21.7. The van der Waals surface area contributed by atoms with Crippen molar-refractivity contribution in [3.63, 3.8) is 0 Å². The number of nitrogens with zero attached hydrogens (tertiary/aromatic N) is 2. The van der Waals surface area contributed by atoms with Crippen LogP contribution in [0.15, 0.2) is 73.1 Å². The number of aromatic amines is 1. The van der Waals surface area contributed by atoms with Crippen LogP contribution in [-0.4, -0.2) is 42.1 Å². The zero-order valence-corrected chi connectivity index (χ0v) is 22.5. The van der Waals surface area contributed by atoms with Gasteiger partial charge in [0.15, 0.2) is 0 Å². The van der Waals surface area contributed by atoms with Crippen LogP contribution < -0.4 is 16.2 Å². The van der Waals surface area contributed by atoms with Crippen molar-refractivity contribution in [1.82, 2.24) is 25.7 Å². The minimum absolute atomic E-state index is 0.814. The maximum absolute atomic E-state index is 4.62. The summed E-state index contributed by atoms with van der Waals surface area (Å²) in [6, 6.07) is 21.5. The van der Waals surface area contributed by atoms with Gasteiger partial charge >= 0.3 is 0 Å². The van der Waals surface area contributed by atoms with Gasteiger partial charge in [-0.2, -0.15) is 0 Å². The summed E-state index contributed by atoms with van der Waals surface area (Å²) in [4.78, 5) is 11.4. The number of nitrogens with one attached hydrogen (secondary N) is 4. The molecule has 0 atom stereocenters. The lowest BCUT2D eigenvalue weighted by atomic mass is 10.1. The first-order valence-electron chi connectivity index (χ1n) is 13.1. The quantitative estimate of drug-likeness (QED) is 0.102. The molecule has 192 valence electrons. The second-order valence-corrected chi connectivity index (χ2v) is 10.8. The monoisotopic (exact) mass is 512 g/mol. The Labute approximate surface area is 223 Å². The Morgan fingerprint density at radius 3 is 2.62 bits per heavy atom. The van der Waals surface area contributed by atoms with Gasteiger partial charge in [-0.3, -0.25) is 15.8 Å². The number of rotatable bonds is 13. The van der Waals surface area contributed by atoms with E-state index in [4.69, 9.17) is 0 Å².